The third-order valence-corrected chi connectivity index (χ3v) is 3.41. The maximum absolute atomic E-state index is 5.73. The van der Waals surface area contributed by atoms with E-state index in [1.807, 2.05) is 19.1 Å². The second-order valence-electron chi connectivity index (χ2n) is 4.59. The summed E-state index contributed by atoms with van der Waals surface area (Å²) in [5.41, 5.74) is 5.27. The van der Waals surface area contributed by atoms with Crippen LogP contribution in [0.5, 0.6) is 0 Å². The van der Waals surface area contributed by atoms with Crippen molar-refractivity contribution in [3.8, 4) is 0 Å². The van der Waals surface area contributed by atoms with Gasteiger partial charge in [-0.25, -0.2) is 0 Å². The fraction of sp³-hybridized carbons (Fsp3) is 0.176. The SMILES string of the molecule is C/C(=C/Cl)CNC(c1ccccc1)c1ccccc1. The van der Waals surface area contributed by atoms with E-state index in [1.165, 1.54) is 11.1 Å². The van der Waals surface area contributed by atoms with Gasteiger partial charge in [-0.2, -0.15) is 0 Å². The Morgan fingerprint density at radius 3 is 1.89 bits per heavy atom. The molecule has 0 saturated heterocycles. The van der Waals surface area contributed by atoms with Crippen LogP contribution in [0.2, 0.25) is 0 Å². The molecule has 0 heterocycles. The Hall–Kier alpha value is -1.57. The summed E-state index contributed by atoms with van der Waals surface area (Å²) in [6, 6.07) is 21.1. The molecule has 0 radical (unpaired) electrons. The predicted octanol–water partition coefficient (Wildman–Crippen LogP) is 4.51. The Morgan fingerprint density at radius 1 is 1.00 bits per heavy atom. The van der Waals surface area contributed by atoms with Crippen LogP contribution in [0.1, 0.15) is 24.1 Å². The minimum atomic E-state index is 0.189. The van der Waals surface area contributed by atoms with Gasteiger partial charge >= 0.3 is 0 Å². The number of nitrogens with one attached hydrogen (secondary N) is 1. The first-order valence-corrected chi connectivity index (χ1v) is 6.84. The van der Waals surface area contributed by atoms with Gasteiger partial charge in [-0.05, 0) is 23.6 Å². The van der Waals surface area contributed by atoms with E-state index in [9.17, 15) is 0 Å². The molecular weight excluding hydrogens is 254 g/mol. The van der Waals surface area contributed by atoms with Crippen LogP contribution >= 0.6 is 11.6 Å². The summed E-state index contributed by atoms with van der Waals surface area (Å²) in [5, 5.41) is 3.55. The third-order valence-electron chi connectivity index (χ3n) is 3.04. The Bertz CT molecular complexity index is 480. The molecule has 2 heteroatoms. The molecule has 0 aliphatic heterocycles. The van der Waals surface area contributed by atoms with Gasteiger partial charge < -0.3 is 5.32 Å². The van der Waals surface area contributed by atoms with Crippen molar-refractivity contribution in [1.29, 1.82) is 0 Å². The molecule has 0 bridgehead atoms. The monoisotopic (exact) mass is 271 g/mol. The van der Waals surface area contributed by atoms with E-state index in [0.29, 0.717) is 0 Å². The number of halogens is 1. The molecule has 0 fully saturated rings. The second-order valence-corrected chi connectivity index (χ2v) is 4.81. The van der Waals surface area contributed by atoms with Crippen molar-refractivity contribution < 1.29 is 0 Å². The molecule has 2 rings (SSSR count). The lowest BCUT2D eigenvalue weighted by molar-refractivity contribution is 0.641. The molecular formula is C17H18ClN. The Kier molecular flexibility index (Phi) is 5.20. The van der Waals surface area contributed by atoms with Crippen molar-refractivity contribution in [3.63, 3.8) is 0 Å². The lowest BCUT2D eigenvalue weighted by Gasteiger charge is -2.20. The standard InChI is InChI=1S/C17H18ClN/c1-14(12-18)13-19-17(15-8-4-2-5-9-15)16-10-6-3-7-11-16/h2-12,17,19H,13H2,1H3/b14-12-. The highest BCUT2D eigenvalue weighted by molar-refractivity contribution is 6.25. The normalized spacial score (nSPS) is 11.8. The van der Waals surface area contributed by atoms with Gasteiger partial charge in [0, 0.05) is 12.1 Å². The predicted molar refractivity (Wildman–Crippen MR) is 82.3 cm³/mol. The summed E-state index contributed by atoms with van der Waals surface area (Å²) in [6.07, 6.45) is 0. The summed E-state index contributed by atoms with van der Waals surface area (Å²) < 4.78 is 0. The summed E-state index contributed by atoms with van der Waals surface area (Å²) in [4.78, 5) is 0. The average molecular weight is 272 g/mol. The molecule has 0 aliphatic carbocycles. The average Bonchev–Trinajstić information content (AvgIpc) is 2.49. The summed E-state index contributed by atoms with van der Waals surface area (Å²) in [5.74, 6) is 0. The first kappa shape index (κ1) is 13.9. The van der Waals surface area contributed by atoms with E-state index in [-0.39, 0.29) is 6.04 Å². The van der Waals surface area contributed by atoms with Crippen LogP contribution in [0.25, 0.3) is 0 Å². The molecule has 2 aromatic rings. The fourth-order valence-corrected chi connectivity index (χ4v) is 2.10. The summed E-state index contributed by atoms with van der Waals surface area (Å²) in [7, 11) is 0. The Balaban J connectivity index is 2.24. The molecule has 0 amide bonds. The summed E-state index contributed by atoms with van der Waals surface area (Å²) in [6.45, 7) is 2.80. The second kappa shape index (κ2) is 7.13. The zero-order valence-electron chi connectivity index (χ0n) is 11.0. The van der Waals surface area contributed by atoms with Crippen molar-refractivity contribution >= 4 is 11.6 Å². The van der Waals surface area contributed by atoms with Crippen LogP contribution in [0.4, 0.5) is 0 Å². The molecule has 0 unspecified atom stereocenters. The minimum Gasteiger partial charge on any atom is -0.302 e. The Morgan fingerprint density at radius 2 is 1.47 bits per heavy atom. The van der Waals surface area contributed by atoms with E-state index in [4.69, 9.17) is 11.6 Å². The molecule has 0 atom stereocenters. The quantitative estimate of drug-likeness (QED) is 0.844. The first-order chi connectivity index (χ1) is 9.31. The van der Waals surface area contributed by atoms with Crippen LogP contribution in [-0.4, -0.2) is 6.54 Å². The van der Waals surface area contributed by atoms with Gasteiger partial charge in [0.15, 0.2) is 0 Å². The van der Waals surface area contributed by atoms with Crippen molar-refractivity contribution in [2.75, 3.05) is 6.54 Å². The zero-order valence-corrected chi connectivity index (χ0v) is 11.8. The number of benzene rings is 2. The van der Waals surface area contributed by atoms with Crippen LogP contribution in [0.3, 0.4) is 0 Å². The van der Waals surface area contributed by atoms with Crippen LogP contribution < -0.4 is 5.32 Å². The topological polar surface area (TPSA) is 12.0 Å². The van der Waals surface area contributed by atoms with Crippen molar-refractivity contribution in [3.05, 3.63) is 82.9 Å². The fourth-order valence-electron chi connectivity index (χ4n) is 2.02. The van der Waals surface area contributed by atoms with Gasteiger partial charge in [0.2, 0.25) is 0 Å². The smallest absolute Gasteiger partial charge is 0.0579 e. The molecule has 0 spiro atoms. The highest BCUT2D eigenvalue weighted by Crippen LogP contribution is 2.21. The first-order valence-electron chi connectivity index (χ1n) is 6.40. The number of rotatable bonds is 5. The molecule has 1 nitrogen and oxygen atoms in total. The van der Waals surface area contributed by atoms with Crippen molar-refractivity contribution in [2.24, 2.45) is 0 Å². The molecule has 0 saturated carbocycles. The third kappa shape index (κ3) is 3.95. The molecule has 0 aliphatic rings. The van der Waals surface area contributed by atoms with Crippen LogP contribution in [-0.2, 0) is 0 Å². The maximum atomic E-state index is 5.73. The van der Waals surface area contributed by atoms with Gasteiger partial charge in [0.25, 0.3) is 0 Å². The molecule has 0 aromatic heterocycles. The van der Waals surface area contributed by atoms with Crippen LogP contribution in [0, 0.1) is 0 Å². The van der Waals surface area contributed by atoms with Crippen molar-refractivity contribution in [1.82, 2.24) is 5.32 Å². The maximum Gasteiger partial charge on any atom is 0.0579 e. The van der Waals surface area contributed by atoms with E-state index in [1.54, 1.807) is 5.54 Å². The largest absolute Gasteiger partial charge is 0.302 e. The lowest BCUT2D eigenvalue weighted by atomic mass is 9.98. The summed E-state index contributed by atoms with van der Waals surface area (Å²) >= 11 is 5.73. The van der Waals surface area contributed by atoms with Gasteiger partial charge in [-0.3, -0.25) is 0 Å². The zero-order chi connectivity index (χ0) is 13.5. The van der Waals surface area contributed by atoms with E-state index >= 15 is 0 Å². The van der Waals surface area contributed by atoms with E-state index in [0.717, 1.165) is 12.1 Å². The van der Waals surface area contributed by atoms with Crippen LogP contribution in [0.15, 0.2) is 71.8 Å². The highest BCUT2D eigenvalue weighted by atomic mass is 35.5. The van der Waals surface area contributed by atoms with Gasteiger partial charge in [0.05, 0.1) is 6.04 Å². The van der Waals surface area contributed by atoms with Gasteiger partial charge in [-0.1, -0.05) is 72.3 Å². The van der Waals surface area contributed by atoms with Gasteiger partial charge in [-0.15, -0.1) is 0 Å². The molecule has 1 N–H and O–H groups in total. The minimum absolute atomic E-state index is 0.189. The Labute approximate surface area is 119 Å². The number of hydrogen-bond acceptors (Lipinski definition) is 1. The lowest BCUT2D eigenvalue weighted by Crippen LogP contribution is -2.24. The molecule has 19 heavy (non-hydrogen) atoms. The van der Waals surface area contributed by atoms with Gasteiger partial charge in [0.1, 0.15) is 0 Å². The molecule has 98 valence electrons. The van der Waals surface area contributed by atoms with E-state index < -0.39 is 0 Å². The van der Waals surface area contributed by atoms with E-state index in [2.05, 4.69) is 53.8 Å². The molecule has 2 aromatic carbocycles. The van der Waals surface area contributed by atoms with Crippen molar-refractivity contribution in [2.45, 2.75) is 13.0 Å². The number of hydrogen-bond donors (Lipinski definition) is 1. The highest BCUT2D eigenvalue weighted by Gasteiger charge is 2.12.